The summed E-state index contributed by atoms with van der Waals surface area (Å²) in [5.41, 5.74) is 2.60. The highest BCUT2D eigenvalue weighted by Crippen LogP contribution is 2.35. The van der Waals surface area contributed by atoms with E-state index < -0.39 is 17.6 Å². The summed E-state index contributed by atoms with van der Waals surface area (Å²) in [5.74, 6) is -0.0319. The Labute approximate surface area is 157 Å². The number of esters is 1. The van der Waals surface area contributed by atoms with Gasteiger partial charge in [0.15, 0.2) is 5.76 Å². The van der Waals surface area contributed by atoms with Crippen LogP contribution in [0.25, 0.3) is 11.1 Å². The summed E-state index contributed by atoms with van der Waals surface area (Å²) < 4.78 is 10.8. The maximum absolute atomic E-state index is 12.2. The first kappa shape index (κ1) is 20.0. The quantitative estimate of drug-likeness (QED) is 0.603. The van der Waals surface area contributed by atoms with Crippen LogP contribution in [-0.2, 0) is 14.3 Å². The molecular weight excluding hydrogens is 356 g/mol. The highest BCUT2D eigenvalue weighted by molar-refractivity contribution is 6.30. The monoisotopic (exact) mass is 378 g/mol. The van der Waals surface area contributed by atoms with Crippen molar-refractivity contribution in [3.05, 3.63) is 40.2 Å². The number of rotatable bonds is 6. The van der Waals surface area contributed by atoms with Gasteiger partial charge in [0.2, 0.25) is 6.41 Å². The third-order valence-electron chi connectivity index (χ3n) is 3.72. The molecule has 0 radical (unpaired) electrons. The molecule has 2 rings (SSSR count). The predicted molar refractivity (Wildman–Crippen MR) is 98.8 cm³/mol. The Bertz CT molecular complexity index is 808. The molecule has 1 amide bonds. The minimum Gasteiger partial charge on any atom is -0.460 e. The lowest BCUT2D eigenvalue weighted by atomic mass is 9.95. The van der Waals surface area contributed by atoms with Gasteiger partial charge in [-0.05, 0) is 57.9 Å². The number of aryl methyl sites for hydroxylation is 2. The van der Waals surface area contributed by atoms with Gasteiger partial charge >= 0.3 is 5.97 Å². The highest BCUT2D eigenvalue weighted by atomic mass is 35.5. The molecule has 1 aromatic carbocycles. The number of carbonyl (C=O) groups excluding carboxylic acids is 2. The van der Waals surface area contributed by atoms with Crippen LogP contribution in [0, 0.1) is 13.8 Å². The molecule has 26 heavy (non-hydrogen) atoms. The Morgan fingerprint density at radius 2 is 2.08 bits per heavy atom. The van der Waals surface area contributed by atoms with Crippen molar-refractivity contribution in [1.29, 1.82) is 0 Å². The summed E-state index contributed by atoms with van der Waals surface area (Å²) in [6.45, 7) is 9.09. The fourth-order valence-corrected chi connectivity index (χ4v) is 2.95. The van der Waals surface area contributed by atoms with Crippen LogP contribution in [0.4, 0.5) is 0 Å². The van der Waals surface area contributed by atoms with Crippen LogP contribution < -0.4 is 5.32 Å². The zero-order valence-corrected chi connectivity index (χ0v) is 16.3. The molecule has 1 aromatic heterocycles. The van der Waals surface area contributed by atoms with Gasteiger partial charge in [0, 0.05) is 10.6 Å². The zero-order valence-electron chi connectivity index (χ0n) is 15.6. The van der Waals surface area contributed by atoms with E-state index in [0.717, 1.165) is 16.7 Å². The fourth-order valence-electron chi connectivity index (χ4n) is 2.72. The molecule has 2 aromatic rings. The molecule has 140 valence electrons. The van der Waals surface area contributed by atoms with Gasteiger partial charge in [-0.1, -0.05) is 22.8 Å². The first-order valence-electron chi connectivity index (χ1n) is 8.26. The number of ether oxygens (including phenoxy) is 1. The van der Waals surface area contributed by atoms with Crippen LogP contribution >= 0.6 is 11.6 Å². The first-order chi connectivity index (χ1) is 12.1. The SMILES string of the molecule is Cc1cc(Cl)ccc1-c1c(C)noc1[C@H](CC(=O)OC(C)(C)C)NC=O. The van der Waals surface area contributed by atoms with Gasteiger partial charge in [0.05, 0.1) is 12.1 Å². The van der Waals surface area contributed by atoms with Gasteiger partial charge in [-0.3, -0.25) is 9.59 Å². The van der Waals surface area contributed by atoms with Gasteiger partial charge < -0.3 is 14.6 Å². The lowest BCUT2D eigenvalue weighted by Crippen LogP contribution is -2.28. The third kappa shape index (κ3) is 4.85. The van der Waals surface area contributed by atoms with Gasteiger partial charge in [-0.15, -0.1) is 0 Å². The second-order valence-electron chi connectivity index (χ2n) is 7.09. The van der Waals surface area contributed by atoms with Crippen LogP contribution in [0.3, 0.4) is 0 Å². The summed E-state index contributed by atoms with van der Waals surface area (Å²) in [4.78, 5) is 23.3. The van der Waals surface area contributed by atoms with Gasteiger partial charge in [0.25, 0.3) is 0 Å². The fraction of sp³-hybridized carbons (Fsp3) is 0.421. The van der Waals surface area contributed by atoms with Crippen LogP contribution in [0.15, 0.2) is 22.7 Å². The largest absolute Gasteiger partial charge is 0.460 e. The molecular formula is C19H23ClN2O4. The molecule has 1 heterocycles. The van der Waals surface area contributed by atoms with Crippen molar-refractivity contribution in [2.24, 2.45) is 0 Å². The lowest BCUT2D eigenvalue weighted by molar-refractivity contribution is -0.155. The Hall–Kier alpha value is -2.34. The average molecular weight is 379 g/mol. The molecule has 0 bridgehead atoms. The maximum atomic E-state index is 12.2. The van der Waals surface area contributed by atoms with Crippen molar-refractivity contribution < 1.29 is 18.8 Å². The number of amides is 1. The van der Waals surface area contributed by atoms with E-state index >= 15 is 0 Å². The first-order valence-corrected chi connectivity index (χ1v) is 8.64. The second kappa shape index (κ2) is 7.91. The van der Waals surface area contributed by atoms with Crippen molar-refractivity contribution in [3.63, 3.8) is 0 Å². The topological polar surface area (TPSA) is 81.4 Å². The molecule has 1 N–H and O–H groups in total. The highest BCUT2D eigenvalue weighted by Gasteiger charge is 2.28. The minimum absolute atomic E-state index is 0.0652. The molecule has 7 heteroatoms. The number of carbonyl (C=O) groups is 2. The number of nitrogens with one attached hydrogen (secondary N) is 1. The number of nitrogens with zero attached hydrogens (tertiary/aromatic N) is 1. The van der Waals surface area contributed by atoms with E-state index in [1.807, 2.05) is 26.0 Å². The van der Waals surface area contributed by atoms with Crippen LogP contribution in [0.5, 0.6) is 0 Å². The molecule has 0 aliphatic heterocycles. The molecule has 0 aliphatic rings. The molecule has 0 unspecified atom stereocenters. The van der Waals surface area contributed by atoms with Crippen molar-refractivity contribution in [1.82, 2.24) is 10.5 Å². The second-order valence-corrected chi connectivity index (χ2v) is 7.53. The van der Waals surface area contributed by atoms with Crippen molar-refractivity contribution in [3.8, 4) is 11.1 Å². The smallest absolute Gasteiger partial charge is 0.308 e. The molecule has 0 aliphatic carbocycles. The molecule has 1 atom stereocenters. The van der Waals surface area contributed by atoms with E-state index in [1.165, 1.54) is 0 Å². The normalized spacial score (nSPS) is 12.5. The number of benzene rings is 1. The number of halogens is 1. The van der Waals surface area contributed by atoms with Crippen molar-refractivity contribution in [2.75, 3.05) is 0 Å². The molecule has 6 nitrogen and oxygen atoms in total. The van der Waals surface area contributed by atoms with E-state index in [0.29, 0.717) is 22.9 Å². The van der Waals surface area contributed by atoms with Crippen LogP contribution in [0.1, 0.15) is 50.3 Å². The maximum Gasteiger partial charge on any atom is 0.308 e. The lowest BCUT2D eigenvalue weighted by Gasteiger charge is -2.21. The summed E-state index contributed by atoms with van der Waals surface area (Å²) in [5, 5.41) is 7.28. The standard InChI is InChI=1S/C19H23ClN2O4/c1-11-8-13(20)6-7-14(11)17-12(2)22-26-18(17)15(21-10-23)9-16(24)25-19(3,4)5/h6-8,10,15H,9H2,1-5H3,(H,21,23)/t15-/m0/s1. The summed E-state index contributed by atoms with van der Waals surface area (Å²) in [6, 6.07) is 4.79. The Morgan fingerprint density at radius 3 is 2.65 bits per heavy atom. The number of hydrogen-bond donors (Lipinski definition) is 1. The van der Waals surface area contributed by atoms with Crippen molar-refractivity contribution in [2.45, 2.75) is 52.7 Å². The molecule has 0 fully saturated rings. The van der Waals surface area contributed by atoms with Crippen LogP contribution in [-0.4, -0.2) is 23.1 Å². The van der Waals surface area contributed by atoms with E-state index in [9.17, 15) is 9.59 Å². The predicted octanol–water partition coefficient (Wildman–Crippen LogP) is 4.13. The van der Waals surface area contributed by atoms with E-state index in [4.69, 9.17) is 20.9 Å². The Balaban J connectivity index is 2.41. The summed E-state index contributed by atoms with van der Waals surface area (Å²) in [7, 11) is 0. The number of aromatic nitrogens is 1. The van der Waals surface area contributed by atoms with E-state index in [-0.39, 0.29) is 6.42 Å². The van der Waals surface area contributed by atoms with Gasteiger partial charge in [-0.25, -0.2) is 0 Å². The molecule has 0 saturated carbocycles. The van der Waals surface area contributed by atoms with E-state index in [2.05, 4.69) is 10.5 Å². The number of hydrogen-bond acceptors (Lipinski definition) is 5. The zero-order chi connectivity index (χ0) is 19.5. The Morgan fingerprint density at radius 1 is 1.38 bits per heavy atom. The minimum atomic E-state index is -0.686. The molecule has 0 spiro atoms. The third-order valence-corrected chi connectivity index (χ3v) is 3.96. The van der Waals surface area contributed by atoms with E-state index in [1.54, 1.807) is 26.8 Å². The van der Waals surface area contributed by atoms with Gasteiger partial charge in [-0.2, -0.15) is 0 Å². The average Bonchev–Trinajstić information content (AvgIpc) is 2.87. The van der Waals surface area contributed by atoms with Gasteiger partial charge in [0.1, 0.15) is 11.6 Å². The summed E-state index contributed by atoms with van der Waals surface area (Å²) >= 11 is 6.04. The summed E-state index contributed by atoms with van der Waals surface area (Å²) in [6.07, 6.45) is 0.468. The molecule has 0 saturated heterocycles. The van der Waals surface area contributed by atoms with Crippen LogP contribution in [0.2, 0.25) is 5.02 Å². The van der Waals surface area contributed by atoms with Crippen molar-refractivity contribution >= 4 is 24.0 Å². The Kier molecular flexibility index (Phi) is 6.08.